The summed E-state index contributed by atoms with van der Waals surface area (Å²) in [6.07, 6.45) is 37.4. The number of anilines is 1. The lowest BCUT2D eigenvalue weighted by molar-refractivity contribution is 0.522. The van der Waals surface area contributed by atoms with Crippen LogP contribution in [0.4, 0.5) is 5.69 Å². The van der Waals surface area contributed by atoms with Crippen LogP contribution in [-0.2, 0) is 0 Å². The molecule has 0 bridgehead atoms. The number of para-hydroxylation sites is 2. The molecule has 1 saturated heterocycles. The van der Waals surface area contributed by atoms with Crippen molar-refractivity contribution in [3.8, 4) is 12.1 Å². The zero-order valence-corrected chi connectivity index (χ0v) is 30.1. The van der Waals surface area contributed by atoms with Gasteiger partial charge in [-0.05, 0) is 96.9 Å². The molecule has 4 nitrogen and oxygen atoms in total. The minimum absolute atomic E-state index is 0.123. The first kappa shape index (κ1) is 32.3. The zero-order valence-electron chi connectivity index (χ0n) is 30.1. The third kappa shape index (κ3) is 5.17. The van der Waals surface area contributed by atoms with E-state index in [0.29, 0.717) is 5.56 Å². The Morgan fingerprint density at radius 1 is 0.704 bits per heavy atom. The highest BCUT2D eigenvalue weighted by molar-refractivity contribution is 6.13. The van der Waals surface area contributed by atoms with Crippen molar-refractivity contribution >= 4 is 38.8 Å². The van der Waals surface area contributed by atoms with Gasteiger partial charge in [-0.25, -0.2) is 0 Å². The molecule has 1 aromatic heterocycles. The van der Waals surface area contributed by atoms with Crippen LogP contribution in [0, 0.1) is 40.4 Å². The molecule has 10 rings (SSSR count). The van der Waals surface area contributed by atoms with E-state index in [9.17, 15) is 10.5 Å². The van der Waals surface area contributed by atoms with Crippen molar-refractivity contribution in [1.82, 2.24) is 4.57 Å². The number of hydrogen-bond donors (Lipinski definition) is 0. The van der Waals surface area contributed by atoms with Gasteiger partial charge < -0.3 is 9.47 Å². The highest BCUT2D eigenvalue weighted by Crippen LogP contribution is 2.49. The van der Waals surface area contributed by atoms with Gasteiger partial charge in [0.25, 0.3) is 0 Å². The van der Waals surface area contributed by atoms with E-state index in [4.69, 9.17) is 0 Å². The summed E-state index contributed by atoms with van der Waals surface area (Å²) in [4.78, 5) is 2.48. The third-order valence-electron chi connectivity index (χ3n) is 12.3. The molecule has 4 heteroatoms. The average molecular weight is 697 g/mol. The highest BCUT2D eigenvalue weighted by atomic mass is 15.2. The largest absolute Gasteiger partial charge is 0.357 e. The van der Waals surface area contributed by atoms with E-state index in [1.165, 1.54) is 55.4 Å². The molecule has 3 aromatic carbocycles. The maximum Gasteiger partial charge on any atom is 0.0991 e. The number of nitriles is 2. The molecule has 4 unspecified atom stereocenters. The van der Waals surface area contributed by atoms with Gasteiger partial charge in [0.2, 0.25) is 0 Å². The van der Waals surface area contributed by atoms with E-state index in [2.05, 4.69) is 155 Å². The van der Waals surface area contributed by atoms with E-state index in [-0.39, 0.29) is 29.8 Å². The molecule has 0 N–H and O–H groups in total. The van der Waals surface area contributed by atoms with Gasteiger partial charge in [0.05, 0.1) is 40.8 Å². The second kappa shape index (κ2) is 13.2. The summed E-state index contributed by atoms with van der Waals surface area (Å²) in [6.45, 7) is 0. The molecule has 1 aliphatic heterocycles. The third-order valence-corrected chi connectivity index (χ3v) is 12.3. The SMILES string of the molecule is N#CC1=CC2C3C=C(C4=CC=CC[C@H]4C4=C(c5cccc6c7ccccc7n(C7=CCCC=C7)c56)CCC=C4)C=CC3N(c3ccc(C#N)cc3)C2C=C1. The number of nitrogens with zero attached hydrogens (tertiary/aromatic N) is 4. The molecule has 1 fully saturated rings. The minimum atomic E-state index is 0.123. The predicted octanol–water partition coefficient (Wildman–Crippen LogP) is 11.5. The first-order chi connectivity index (χ1) is 26.7. The second-order valence-corrected chi connectivity index (χ2v) is 15.2. The van der Waals surface area contributed by atoms with E-state index in [1.807, 2.05) is 18.2 Å². The average Bonchev–Trinajstić information content (AvgIpc) is 3.76. The van der Waals surface area contributed by atoms with Crippen LogP contribution in [0.25, 0.3) is 33.1 Å². The van der Waals surface area contributed by atoms with Crippen molar-refractivity contribution in [2.75, 3.05) is 4.90 Å². The van der Waals surface area contributed by atoms with Crippen LogP contribution in [0.1, 0.15) is 43.2 Å². The fraction of sp³-hybridized carbons (Fsp3) is 0.200. The monoisotopic (exact) mass is 696 g/mol. The lowest BCUT2D eigenvalue weighted by Crippen LogP contribution is -2.37. The Balaban J connectivity index is 1.08. The normalized spacial score (nSPS) is 25.5. The fourth-order valence-electron chi connectivity index (χ4n) is 9.95. The van der Waals surface area contributed by atoms with E-state index in [1.54, 1.807) is 0 Å². The molecule has 260 valence electrons. The number of fused-ring (bicyclic) bond motifs is 6. The van der Waals surface area contributed by atoms with Gasteiger partial charge in [-0.15, -0.1) is 0 Å². The Morgan fingerprint density at radius 3 is 2.35 bits per heavy atom. The quantitative estimate of drug-likeness (QED) is 0.209. The lowest BCUT2D eigenvalue weighted by Gasteiger charge is -2.33. The summed E-state index contributed by atoms with van der Waals surface area (Å²) in [5, 5.41) is 22.0. The number of aromatic nitrogens is 1. The second-order valence-electron chi connectivity index (χ2n) is 15.2. The number of allylic oxidation sites excluding steroid dienone is 16. The van der Waals surface area contributed by atoms with Crippen LogP contribution in [0.2, 0.25) is 0 Å². The Morgan fingerprint density at radius 2 is 1.52 bits per heavy atom. The Hall–Kier alpha value is -6.36. The maximum atomic E-state index is 9.92. The first-order valence-corrected chi connectivity index (χ1v) is 19.4. The van der Waals surface area contributed by atoms with E-state index >= 15 is 0 Å². The molecular weight excluding hydrogens is 657 g/mol. The number of benzene rings is 3. The summed E-state index contributed by atoms with van der Waals surface area (Å²) in [6, 6.07) is 28.7. The van der Waals surface area contributed by atoms with Gasteiger partial charge in [-0.1, -0.05) is 109 Å². The van der Waals surface area contributed by atoms with Crippen molar-refractivity contribution in [3.05, 3.63) is 185 Å². The van der Waals surface area contributed by atoms with Crippen molar-refractivity contribution in [1.29, 1.82) is 10.5 Å². The molecule has 0 amide bonds. The summed E-state index contributed by atoms with van der Waals surface area (Å²) < 4.78 is 2.51. The molecule has 6 aliphatic rings. The smallest absolute Gasteiger partial charge is 0.0991 e. The number of hydrogen-bond acceptors (Lipinski definition) is 3. The van der Waals surface area contributed by atoms with Crippen LogP contribution < -0.4 is 4.90 Å². The predicted molar refractivity (Wildman–Crippen MR) is 221 cm³/mol. The number of rotatable bonds is 5. The molecule has 2 heterocycles. The van der Waals surface area contributed by atoms with Crippen molar-refractivity contribution < 1.29 is 0 Å². The topological polar surface area (TPSA) is 55.8 Å². The summed E-state index contributed by atoms with van der Waals surface area (Å²) in [5.74, 6) is 0.581. The van der Waals surface area contributed by atoms with Gasteiger partial charge in [-0.3, -0.25) is 0 Å². The van der Waals surface area contributed by atoms with Crippen molar-refractivity contribution in [2.45, 2.75) is 44.2 Å². The Bertz CT molecular complexity index is 2630. The van der Waals surface area contributed by atoms with Crippen LogP contribution in [-0.4, -0.2) is 16.7 Å². The van der Waals surface area contributed by atoms with Crippen LogP contribution in [0.3, 0.4) is 0 Å². The van der Waals surface area contributed by atoms with Crippen LogP contribution in [0.5, 0.6) is 0 Å². The van der Waals surface area contributed by atoms with Gasteiger partial charge >= 0.3 is 0 Å². The molecule has 5 aliphatic carbocycles. The van der Waals surface area contributed by atoms with Gasteiger partial charge in [0.1, 0.15) is 0 Å². The Kier molecular flexibility index (Phi) is 7.92. The molecule has 0 spiro atoms. The van der Waals surface area contributed by atoms with Gasteiger partial charge in [-0.2, -0.15) is 10.5 Å². The van der Waals surface area contributed by atoms with Gasteiger partial charge in [0, 0.05) is 51.0 Å². The molecule has 5 atom stereocenters. The summed E-state index contributed by atoms with van der Waals surface area (Å²) in [7, 11) is 0. The highest BCUT2D eigenvalue weighted by Gasteiger charge is 2.47. The summed E-state index contributed by atoms with van der Waals surface area (Å²) >= 11 is 0. The maximum absolute atomic E-state index is 9.92. The molecule has 0 radical (unpaired) electrons. The minimum Gasteiger partial charge on any atom is -0.357 e. The molecular formula is C50H40N4. The zero-order chi connectivity index (χ0) is 36.2. The summed E-state index contributed by atoms with van der Waals surface area (Å²) in [5.41, 5.74) is 13.2. The molecule has 4 aromatic rings. The van der Waals surface area contributed by atoms with Crippen LogP contribution in [0.15, 0.2) is 174 Å². The molecule has 0 saturated carbocycles. The van der Waals surface area contributed by atoms with E-state index in [0.717, 1.165) is 43.4 Å². The Labute approximate surface area is 317 Å². The van der Waals surface area contributed by atoms with Gasteiger partial charge in [0.15, 0.2) is 0 Å². The van der Waals surface area contributed by atoms with Crippen molar-refractivity contribution in [2.24, 2.45) is 17.8 Å². The van der Waals surface area contributed by atoms with E-state index < -0.39 is 0 Å². The van der Waals surface area contributed by atoms with Crippen molar-refractivity contribution in [3.63, 3.8) is 0 Å². The standard InChI is InChI=1S/C50H40N4/c51-31-33-21-25-37(26-22-33)53-48-27-23-34(32-52)29-45(48)46-30-35(24-28-49(46)53)38-13-4-5-14-39(38)40-15-6-7-16-41(40)43-18-10-19-44-42-17-8-9-20-47(42)54(50(43)44)36-11-2-1-3-12-36/h2,4-6,8-13,15,17-30,39,45-46,48-49H,1,3,7,14,16H2/t39-,45?,46?,48?,49?/m1/s1. The van der Waals surface area contributed by atoms with Crippen LogP contribution >= 0.6 is 0 Å². The first-order valence-electron chi connectivity index (χ1n) is 19.4. The fourth-order valence-corrected chi connectivity index (χ4v) is 9.95. The lowest BCUT2D eigenvalue weighted by atomic mass is 9.73. The molecule has 54 heavy (non-hydrogen) atoms.